The normalized spacial score (nSPS) is 16.2. The molecule has 6 nitrogen and oxygen atoms in total. The van der Waals surface area contributed by atoms with Gasteiger partial charge in [0.05, 0.1) is 12.8 Å². The van der Waals surface area contributed by atoms with Crippen molar-refractivity contribution >= 4 is 41.5 Å². The molecule has 0 saturated carbocycles. The van der Waals surface area contributed by atoms with Gasteiger partial charge in [0, 0.05) is 33.6 Å². The monoisotopic (exact) mass is 460 g/mol. The summed E-state index contributed by atoms with van der Waals surface area (Å²) in [6.45, 7) is 8.72. The van der Waals surface area contributed by atoms with Crippen molar-refractivity contribution in [2.75, 3.05) is 32.6 Å². The number of hydrogen-bond acceptors (Lipinski definition) is 3. The van der Waals surface area contributed by atoms with Crippen LogP contribution in [0.5, 0.6) is 5.75 Å². The van der Waals surface area contributed by atoms with E-state index < -0.39 is 0 Å². The van der Waals surface area contributed by atoms with Crippen LogP contribution in [0.2, 0.25) is 0 Å². The molecule has 140 valence electrons. The molecule has 2 rings (SSSR count). The quantitative estimate of drug-likeness (QED) is 0.412. The van der Waals surface area contributed by atoms with Crippen LogP contribution < -0.4 is 15.4 Å². The zero-order valence-electron chi connectivity index (χ0n) is 15.7. The molecule has 0 radical (unpaired) electrons. The van der Waals surface area contributed by atoms with Crippen LogP contribution in [-0.2, 0) is 11.3 Å². The number of halogens is 1. The number of nitrogens with one attached hydrogen (secondary N) is 2. The Kier molecular flexibility index (Phi) is 7.98. The van der Waals surface area contributed by atoms with Crippen LogP contribution in [0.1, 0.15) is 32.8 Å². The van der Waals surface area contributed by atoms with Crippen LogP contribution >= 0.6 is 24.0 Å². The highest BCUT2D eigenvalue weighted by Crippen LogP contribution is 2.29. The van der Waals surface area contributed by atoms with Crippen LogP contribution in [0.15, 0.2) is 23.2 Å². The molecule has 0 bridgehead atoms. The number of amides is 1. The molecule has 7 heteroatoms. The predicted octanol–water partition coefficient (Wildman–Crippen LogP) is 3.08. The van der Waals surface area contributed by atoms with Gasteiger partial charge in [-0.3, -0.25) is 9.79 Å². The number of anilines is 1. The molecule has 1 aromatic carbocycles. The minimum Gasteiger partial charge on any atom is -0.495 e. The second-order valence-electron chi connectivity index (χ2n) is 6.95. The Morgan fingerprint density at radius 2 is 2.12 bits per heavy atom. The Balaban J connectivity index is 0.00000312. The average molecular weight is 460 g/mol. The summed E-state index contributed by atoms with van der Waals surface area (Å²) in [6, 6.07) is 5.77. The Labute approximate surface area is 167 Å². The van der Waals surface area contributed by atoms with E-state index in [2.05, 4.69) is 34.4 Å². The van der Waals surface area contributed by atoms with Gasteiger partial charge in [-0.05, 0) is 29.5 Å². The smallest absolute Gasteiger partial charge is 0.221 e. The van der Waals surface area contributed by atoms with Crippen molar-refractivity contribution in [1.82, 2.24) is 10.2 Å². The molecule has 1 aliphatic rings. The second kappa shape index (κ2) is 9.26. The van der Waals surface area contributed by atoms with Crippen LogP contribution in [0.3, 0.4) is 0 Å². The molecule has 1 aromatic rings. The summed E-state index contributed by atoms with van der Waals surface area (Å²) >= 11 is 0. The third kappa shape index (κ3) is 6.05. The summed E-state index contributed by atoms with van der Waals surface area (Å²) in [5, 5.41) is 6.21. The lowest BCUT2D eigenvalue weighted by atomic mass is 9.93. The minimum absolute atomic E-state index is 0. The van der Waals surface area contributed by atoms with Crippen LogP contribution in [0.4, 0.5) is 5.69 Å². The van der Waals surface area contributed by atoms with E-state index >= 15 is 0 Å². The van der Waals surface area contributed by atoms with E-state index in [1.165, 1.54) is 13.3 Å². The largest absolute Gasteiger partial charge is 0.495 e. The first-order chi connectivity index (χ1) is 11.3. The fourth-order valence-corrected chi connectivity index (χ4v) is 2.96. The standard InChI is InChI=1S/C18H28N4O2.HI/c1-13(23)21-15-10-14(6-7-16(15)24-5)11-20-17(19-4)22-9-8-18(2,3)12-22;/h6-7,10H,8-9,11-12H2,1-5H3,(H,19,20)(H,21,23);1H. The maximum Gasteiger partial charge on any atom is 0.221 e. The second-order valence-corrected chi connectivity index (χ2v) is 6.95. The molecular weight excluding hydrogens is 431 g/mol. The number of hydrogen-bond donors (Lipinski definition) is 2. The van der Waals surface area contributed by atoms with Gasteiger partial charge in [0.15, 0.2) is 5.96 Å². The van der Waals surface area contributed by atoms with Gasteiger partial charge in [-0.15, -0.1) is 24.0 Å². The highest BCUT2D eigenvalue weighted by molar-refractivity contribution is 14.0. The summed E-state index contributed by atoms with van der Waals surface area (Å²) < 4.78 is 5.29. The van der Waals surface area contributed by atoms with Gasteiger partial charge in [-0.2, -0.15) is 0 Å². The van der Waals surface area contributed by atoms with Gasteiger partial charge < -0.3 is 20.3 Å². The Bertz CT molecular complexity index is 632. The van der Waals surface area contributed by atoms with Gasteiger partial charge >= 0.3 is 0 Å². The number of likely N-dealkylation sites (tertiary alicyclic amines) is 1. The van der Waals surface area contributed by atoms with Crippen LogP contribution in [-0.4, -0.2) is 44.0 Å². The summed E-state index contributed by atoms with van der Waals surface area (Å²) in [5.41, 5.74) is 2.07. The van der Waals surface area contributed by atoms with Gasteiger partial charge in [-0.25, -0.2) is 0 Å². The van der Waals surface area contributed by atoms with Crippen molar-refractivity contribution in [3.63, 3.8) is 0 Å². The van der Waals surface area contributed by atoms with E-state index in [0.29, 0.717) is 23.4 Å². The summed E-state index contributed by atoms with van der Waals surface area (Å²) in [6.07, 6.45) is 1.17. The molecule has 1 saturated heterocycles. The fraction of sp³-hybridized carbons (Fsp3) is 0.556. The number of methoxy groups -OCH3 is 1. The summed E-state index contributed by atoms with van der Waals surface area (Å²) in [7, 11) is 3.40. The third-order valence-corrected chi connectivity index (χ3v) is 4.21. The Morgan fingerprint density at radius 1 is 1.40 bits per heavy atom. The Hall–Kier alpha value is -1.51. The van der Waals surface area contributed by atoms with Crippen molar-refractivity contribution in [2.24, 2.45) is 10.4 Å². The first-order valence-electron chi connectivity index (χ1n) is 8.25. The SMILES string of the molecule is CN=C(NCc1ccc(OC)c(NC(C)=O)c1)N1CCC(C)(C)C1.I. The molecule has 0 atom stereocenters. The van der Waals surface area contributed by atoms with Crippen molar-refractivity contribution < 1.29 is 9.53 Å². The molecular formula is C18H29IN4O2. The van der Waals surface area contributed by atoms with Gasteiger partial charge in [0.1, 0.15) is 5.75 Å². The molecule has 0 unspecified atom stereocenters. The predicted molar refractivity (Wildman–Crippen MR) is 113 cm³/mol. The van der Waals surface area contributed by atoms with E-state index in [0.717, 1.165) is 24.6 Å². The minimum atomic E-state index is -0.117. The van der Waals surface area contributed by atoms with Crippen molar-refractivity contribution in [1.29, 1.82) is 0 Å². The van der Waals surface area contributed by atoms with E-state index in [1.54, 1.807) is 7.11 Å². The number of carbonyl (C=O) groups is 1. The molecule has 0 spiro atoms. The number of aliphatic imine (C=N–C) groups is 1. The van der Waals surface area contributed by atoms with Crippen molar-refractivity contribution in [3.05, 3.63) is 23.8 Å². The number of ether oxygens (including phenoxy) is 1. The first-order valence-corrected chi connectivity index (χ1v) is 8.25. The van der Waals surface area contributed by atoms with Crippen LogP contribution in [0, 0.1) is 5.41 Å². The van der Waals surface area contributed by atoms with Crippen molar-refractivity contribution in [3.8, 4) is 5.75 Å². The van der Waals surface area contributed by atoms with Crippen LogP contribution in [0.25, 0.3) is 0 Å². The lowest BCUT2D eigenvalue weighted by Crippen LogP contribution is -2.40. The number of nitrogens with zero attached hydrogens (tertiary/aromatic N) is 2. The molecule has 1 amide bonds. The number of carbonyl (C=O) groups excluding carboxylic acids is 1. The molecule has 25 heavy (non-hydrogen) atoms. The van der Waals surface area contributed by atoms with Gasteiger partial charge in [0.2, 0.25) is 5.91 Å². The molecule has 0 aromatic heterocycles. The molecule has 2 N–H and O–H groups in total. The van der Waals surface area contributed by atoms with E-state index in [9.17, 15) is 4.79 Å². The fourth-order valence-electron chi connectivity index (χ4n) is 2.96. The lowest BCUT2D eigenvalue weighted by molar-refractivity contribution is -0.114. The number of benzene rings is 1. The lowest BCUT2D eigenvalue weighted by Gasteiger charge is -2.24. The molecule has 0 aliphatic carbocycles. The zero-order chi connectivity index (χ0) is 17.7. The van der Waals surface area contributed by atoms with E-state index in [-0.39, 0.29) is 29.9 Å². The molecule has 1 fully saturated rings. The topological polar surface area (TPSA) is 66.0 Å². The summed E-state index contributed by atoms with van der Waals surface area (Å²) in [5.74, 6) is 1.45. The average Bonchev–Trinajstić information content (AvgIpc) is 2.87. The maximum atomic E-state index is 11.3. The number of guanidine groups is 1. The third-order valence-electron chi connectivity index (χ3n) is 4.21. The molecule has 1 aliphatic heterocycles. The van der Waals surface area contributed by atoms with E-state index in [1.807, 2.05) is 25.2 Å². The Morgan fingerprint density at radius 3 is 2.64 bits per heavy atom. The first kappa shape index (κ1) is 21.5. The highest BCUT2D eigenvalue weighted by Gasteiger charge is 2.30. The van der Waals surface area contributed by atoms with Crippen molar-refractivity contribution in [2.45, 2.75) is 33.7 Å². The zero-order valence-corrected chi connectivity index (χ0v) is 18.0. The number of rotatable bonds is 4. The summed E-state index contributed by atoms with van der Waals surface area (Å²) in [4.78, 5) is 18.0. The molecule has 1 heterocycles. The van der Waals surface area contributed by atoms with Gasteiger partial charge in [0.25, 0.3) is 0 Å². The van der Waals surface area contributed by atoms with E-state index in [4.69, 9.17) is 4.74 Å². The maximum absolute atomic E-state index is 11.3. The highest BCUT2D eigenvalue weighted by atomic mass is 127. The van der Waals surface area contributed by atoms with Gasteiger partial charge in [-0.1, -0.05) is 19.9 Å².